The highest BCUT2D eigenvalue weighted by atomic mass is 35.5. The highest BCUT2D eigenvalue weighted by Crippen LogP contribution is 2.47. The number of nitrogens with zero attached hydrogens (tertiary/aromatic N) is 1. The summed E-state index contributed by atoms with van der Waals surface area (Å²) in [5.74, 6) is 1.17. The summed E-state index contributed by atoms with van der Waals surface area (Å²) < 4.78 is 10.8. The van der Waals surface area contributed by atoms with Crippen LogP contribution in [0.3, 0.4) is 0 Å². The third kappa shape index (κ3) is 4.40. The molecule has 32 heavy (non-hydrogen) atoms. The number of nitrogens with one attached hydrogen (secondary N) is 1. The van der Waals surface area contributed by atoms with Crippen LogP contribution in [0.25, 0.3) is 0 Å². The van der Waals surface area contributed by atoms with E-state index in [1.54, 1.807) is 55.5 Å². The molecule has 1 saturated heterocycles. The van der Waals surface area contributed by atoms with Crippen LogP contribution in [0.15, 0.2) is 66.7 Å². The fourth-order valence-corrected chi connectivity index (χ4v) is 4.94. The van der Waals surface area contributed by atoms with Crippen molar-refractivity contribution in [2.75, 3.05) is 30.2 Å². The second-order valence-corrected chi connectivity index (χ2v) is 8.52. The van der Waals surface area contributed by atoms with Gasteiger partial charge in [0.05, 0.1) is 25.7 Å². The molecular weight excluding hydrogens is 448 g/mol. The maximum Gasteiger partial charge on any atom is 0.255 e. The number of thioether (sulfide) groups is 1. The van der Waals surface area contributed by atoms with Gasteiger partial charge >= 0.3 is 0 Å². The summed E-state index contributed by atoms with van der Waals surface area (Å²) in [7, 11) is 3.13. The average molecular weight is 469 g/mol. The molecule has 3 aromatic carbocycles. The first kappa shape index (κ1) is 22.0. The lowest BCUT2D eigenvalue weighted by molar-refractivity contribution is -0.115. The number of hydrogen-bond donors (Lipinski definition) is 1. The first-order chi connectivity index (χ1) is 15.5. The van der Waals surface area contributed by atoms with Crippen LogP contribution in [0.2, 0.25) is 5.02 Å². The number of ether oxygens (including phenoxy) is 2. The van der Waals surface area contributed by atoms with Crippen LogP contribution >= 0.6 is 23.4 Å². The highest BCUT2D eigenvalue weighted by Gasteiger charge is 2.37. The van der Waals surface area contributed by atoms with Gasteiger partial charge in [0.1, 0.15) is 16.9 Å². The molecule has 0 spiro atoms. The van der Waals surface area contributed by atoms with Gasteiger partial charge in [0.15, 0.2) is 0 Å². The molecule has 0 saturated carbocycles. The summed E-state index contributed by atoms with van der Waals surface area (Å²) in [4.78, 5) is 27.4. The average Bonchev–Trinajstić information content (AvgIpc) is 3.19. The number of para-hydroxylation sites is 1. The number of carbonyl (C=O) groups is 2. The Labute approximate surface area is 195 Å². The van der Waals surface area contributed by atoms with Gasteiger partial charge in [-0.2, -0.15) is 0 Å². The van der Waals surface area contributed by atoms with Crippen LogP contribution in [0.4, 0.5) is 11.4 Å². The van der Waals surface area contributed by atoms with Gasteiger partial charge in [-0.3, -0.25) is 14.5 Å². The van der Waals surface area contributed by atoms with Gasteiger partial charge in [-0.25, -0.2) is 0 Å². The maximum atomic E-state index is 12.9. The highest BCUT2D eigenvalue weighted by molar-refractivity contribution is 8.00. The smallest absolute Gasteiger partial charge is 0.255 e. The van der Waals surface area contributed by atoms with Gasteiger partial charge in [-0.05, 0) is 36.4 Å². The number of benzene rings is 3. The quantitative estimate of drug-likeness (QED) is 0.525. The summed E-state index contributed by atoms with van der Waals surface area (Å²) in [5.41, 5.74) is 2.54. The van der Waals surface area contributed by atoms with Crippen molar-refractivity contribution in [2.45, 2.75) is 5.37 Å². The SMILES string of the molecule is COc1ccc(N2C(=O)CSC2c2ccccc2NC(=O)c2cccc(Cl)c2)c(OC)c1. The molecule has 1 aliphatic rings. The van der Waals surface area contributed by atoms with Crippen LogP contribution in [0.1, 0.15) is 21.3 Å². The lowest BCUT2D eigenvalue weighted by atomic mass is 10.1. The van der Waals surface area contributed by atoms with Gasteiger partial charge in [0.25, 0.3) is 5.91 Å². The molecule has 6 nitrogen and oxygen atoms in total. The molecule has 1 fully saturated rings. The second-order valence-electron chi connectivity index (χ2n) is 7.02. The zero-order valence-corrected chi connectivity index (χ0v) is 19.1. The van der Waals surface area contributed by atoms with E-state index in [4.69, 9.17) is 21.1 Å². The number of hydrogen-bond acceptors (Lipinski definition) is 5. The van der Waals surface area contributed by atoms with Gasteiger partial charge in [-0.15, -0.1) is 11.8 Å². The number of halogens is 1. The molecule has 1 N–H and O–H groups in total. The van der Waals surface area contributed by atoms with Crippen LogP contribution in [-0.2, 0) is 4.79 Å². The zero-order chi connectivity index (χ0) is 22.7. The molecule has 8 heteroatoms. The minimum absolute atomic E-state index is 0.0422. The molecule has 0 radical (unpaired) electrons. The van der Waals surface area contributed by atoms with E-state index in [1.807, 2.05) is 30.3 Å². The topological polar surface area (TPSA) is 67.9 Å². The van der Waals surface area contributed by atoms with E-state index in [0.29, 0.717) is 39.2 Å². The van der Waals surface area contributed by atoms with Crippen LogP contribution in [0, 0.1) is 0 Å². The zero-order valence-electron chi connectivity index (χ0n) is 17.5. The number of amides is 2. The minimum atomic E-state index is -0.333. The van der Waals surface area contributed by atoms with Gasteiger partial charge in [-0.1, -0.05) is 35.9 Å². The molecule has 4 rings (SSSR count). The lowest BCUT2D eigenvalue weighted by Crippen LogP contribution is -2.29. The summed E-state index contributed by atoms with van der Waals surface area (Å²) in [6.45, 7) is 0. The fourth-order valence-electron chi connectivity index (χ4n) is 3.55. The molecule has 2 amide bonds. The van der Waals surface area contributed by atoms with E-state index in [9.17, 15) is 9.59 Å². The standard InChI is InChI=1S/C24H21ClN2O4S/c1-30-17-10-11-20(21(13-17)31-2)27-22(28)14-32-24(27)18-8-3-4-9-19(18)26-23(29)15-6-5-7-16(25)12-15/h3-13,24H,14H2,1-2H3,(H,26,29). The fraction of sp³-hybridized carbons (Fsp3) is 0.167. The Hall–Kier alpha value is -3.16. The molecule has 1 aliphatic heterocycles. The van der Waals surface area contributed by atoms with Crippen molar-refractivity contribution in [3.63, 3.8) is 0 Å². The number of anilines is 2. The monoisotopic (exact) mass is 468 g/mol. The summed E-state index contributed by atoms with van der Waals surface area (Å²) in [5, 5.41) is 3.12. The summed E-state index contributed by atoms with van der Waals surface area (Å²) in [6, 6.07) is 19.6. The Morgan fingerprint density at radius 3 is 2.62 bits per heavy atom. The summed E-state index contributed by atoms with van der Waals surface area (Å²) in [6.07, 6.45) is 0. The molecule has 1 atom stereocenters. The van der Waals surface area contributed by atoms with Crippen LogP contribution < -0.4 is 19.7 Å². The van der Waals surface area contributed by atoms with Crippen LogP contribution in [-0.4, -0.2) is 31.8 Å². The number of methoxy groups -OCH3 is 2. The lowest BCUT2D eigenvalue weighted by Gasteiger charge is -2.27. The van der Waals surface area contributed by atoms with Crippen molar-refractivity contribution >= 4 is 46.6 Å². The van der Waals surface area contributed by atoms with Gasteiger partial charge in [0.2, 0.25) is 5.91 Å². The normalized spacial score (nSPS) is 15.5. The van der Waals surface area contributed by atoms with E-state index in [2.05, 4.69) is 5.32 Å². The van der Waals surface area contributed by atoms with Crippen molar-refractivity contribution in [3.8, 4) is 11.5 Å². The minimum Gasteiger partial charge on any atom is -0.497 e. The van der Waals surface area contributed by atoms with E-state index >= 15 is 0 Å². The Morgan fingerprint density at radius 1 is 1.06 bits per heavy atom. The molecule has 1 unspecified atom stereocenters. The molecular formula is C24H21ClN2O4S. The molecule has 1 heterocycles. The first-order valence-electron chi connectivity index (χ1n) is 9.83. The van der Waals surface area contributed by atoms with Gasteiger partial charge < -0.3 is 14.8 Å². The van der Waals surface area contributed by atoms with E-state index in [-0.39, 0.29) is 17.2 Å². The molecule has 3 aromatic rings. The largest absolute Gasteiger partial charge is 0.497 e. The van der Waals surface area contributed by atoms with Gasteiger partial charge in [0, 0.05) is 27.9 Å². The van der Waals surface area contributed by atoms with E-state index in [0.717, 1.165) is 5.56 Å². The van der Waals surface area contributed by atoms with E-state index < -0.39 is 0 Å². The molecule has 164 valence electrons. The van der Waals surface area contributed by atoms with Crippen LogP contribution in [0.5, 0.6) is 11.5 Å². The Morgan fingerprint density at radius 2 is 1.88 bits per heavy atom. The first-order valence-corrected chi connectivity index (χ1v) is 11.3. The molecule has 0 aromatic heterocycles. The maximum absolute atomic E-state index is 12.9. The molecule has 0 bridgehead atoms. The number of rotatable bonds is 6. The van der Waals surface area contributed by atoms with Crippen molar-refractivity contribution in [1.82, 2.24) is 0 Å². The third-order valence-electron chi connectivity index (χ3n) is 5.08. The van der Waals surface area contributed by atoms with Crippen molar-refractivity contribution in [1.29, 1.82) is 0 Å². The Balaban J connectivity index is 1.69. The third-order valence-corrected chi connectivity index (χ3v) is 6.51. The van der Waals surface area contributed by atoms with Crippen molar-refractivity contribution in [2.24, 2.45) is 0 Å². The predicted molar refractivity (Wildman–Crippen MR) is 128 cm³/mol. The summed E-state index contributed by atoms with van der Waals surface area (Å²) >= 11 is 7.52. The number of carbonyl (C=O) groups excluding carboxylic acids is 2. The van der Waals surface area contributed by atoms with Crippen molar-refractivity contribution in [3.05, 3.63) is 82.9 Å². The Bertz CT molecular complexity index is 1170. The molecule has 0 aliphatic carbocycles. The Kier molecular flexibility index (Phi) is 6.58. The van der Waals surface area contributed by atoms with E-state index in [1.165, 1.54) is 11.8 Å². The predicted octanol–water partition coefficient (Wildman–Crippen LogP) is 5.39. The second kappa shape index (κ2) is 9.54. The van der Waals surface area contributed by atoms with Crippen molar-refractivity contribution < 1.29 is 19.1 Å².